The Bertz CT molecular complexity index is 664. The molecule has 0 spiro atoms. The van der Waals surface area contributed by atoms with E-state index in [4.69, 9.17) is 9.84 Å². The molecule has 8 heteroatoms. The highest BCUT2D eigenvalue weighted by atomic mass is 32.1. The fraction of sp³-hybridized carbons (Fsp3) is 0.154. The molecule has 21 heavy (non-hydrogen) atoms. The molecule has 0 fully saturated rings. The molecular formula is C13H8F4O3S. The molecule has 0 aliphatic rings. The summed E-state index contributed by atoms with van der Waals surface area (Å²) in [6, 6.07) is 3.76. The molecule has 3 nitrogen and oxygen atoms in total. The fourth-order valence-corrected chi connectivity index (χ4v) is 2.36. The van der Waals surface area contributed by atoms with Crippen LogP contribution in [0.5, 0.6) is 5.75 Å². The zero-order valence-corrected chi connectivity index (χ0v) is 11.1. The summed E-state index contributed by atoms with van der Waals surface area (Å²) >= 11 is 0.983. The van der Waals surface area contributed by atoms with Crippen LogP contribution in [0, 0.1) is 5.82 Å². The van der Waals surface area contributed by atoms with E-state index in [1.165, 1.54) is 11.4 Å². The zero-order chi connectivity index (χ0) is 15.6. The summed E-state index contributed by atoms with van der Waals surface area (Å²) in [5, 5.41) is 10.4. The van der Waals surface area contributed by atoms with Gasteiger partial charge >= 0.3 is 12.1 Å². The summed E-state index contributed by atoms with van der Waals surface area (Å²) in [6.45, 7) is -0.214. The van der Waals surface area contributed by atoms with E-state index < -0.39 is 23.5 Å². The number of hydrogen-bond donors (Lipinski definition) is 1. The molecule has 2 aromatic rings. The number of aromatic carboxylic acids is 1. The molecular weight excluding hydrogens is 312 g/mol. The van der Waals surface area contributed by atoms with Crippen molar-refractivity contribution >= 4 is 17.3 Å². The first-order valence-electron chi connectivity index (χ1n) is 5.58. The molecule has 112 valence electrons. The van der Waals surface area contributed by atoms with Crippen molar-refractivity contribution in [2.45, 2.75) is 12.8 Å². The van der Waals surface area contributed by atoms with Crippen molar-refractivity contribution in [1.29, 1.82) is 0 Å². The number of carboxylic acids is 1. The molecule has 0 saturated carbocycles. The van der Waals surface area contributed by atoms with E-state index in [-0.39, 0.29) is 17.2 Å². The number of thiophene rings is 1. The van der Waals surface area contributed by atoms with Crippen LogP contribution in [-0.2, 0) is 12.8 Å². The van der Waals surface area contributed by atoms with Crippen molar-refractivity contribution < 1.29 is 32.2 Å². The standard InChI is InChI=1S/C13H8F4O3S/c14-10-2-1-8(5-9(10)13(15,16)17)20-6-7-3-4-21-11(7)12(18)19/h1-5H,6H2,(H,18,19). The molecule has 1 N–H and O–H groups in total. The molecule has 0 bridgehead atoms. The summed E-state index contributed by atoms with van der Waals surface area (Å²) in [4.78, 5) is 10.9. The lowest BCUT2D eigenvalue weighted by Crippen LogP contribution is -2.09. The predicted molar refractivity (Wildman–Crippen MR) is 67.0 cm³/mol. The van der Waals surface area contributed by atoms with Crippen LogP contribution in [0.1, 0.15) is 20.8 Å². The molecule has 0 unspecified atom stereocenters. The van der Waals surface area contributed by atoms with Crippen molar-refractivity contribution in [2.24, 2.45) is 0 Å². The van der Waals surface area contributed by atoms with E-state index in [1.807, 2.05) is 0 Å². The van der Waals surface area contributed by atoms with Gasteiger partial charge in [-0.05, 0) is 29.6 Å². The van der Waals surface area contributed by atoms with Gasteiger partial charge in [-0.25, -0.2) is 9.18 Å². The molecule has 0 atom stereocenters. The summed E-state index contributed by atoms with van der Waals surface area (Å²) in [5.41, 5.74) is -1.09. The van der Waals surface area contributed by atoms with Crippen molar-refractivity contribution in [3.63, 3.8) is 0 Å². The quantitative estimate of drug-likeness (QED) is 0.860. The normalized spacial score (nSPS) is 11.4. The first-order valence-corrected chi connectivity index (χ1v) is 6.46. The van der Waals surface area contributed by atoms with E-state index in [0.717, 1.165) is 17.4 Å². The molecule has 0 saturated heterocycles. The minimum atomic E-state index is -4.82. The molecule has 0 amide bonds. The smallest absolute Gasteiger partial charge is 0.419 e. The Morgan fingerprint density at radius 3 is 2.62 bits per heavy atom. The number of alkyl halides is 3. The van der Waals surface area contributed by atoms with Gasteiger partial charge in [0.15, 0.2) is 0 Å². The van der Waals surface area contributed by atoms with Gasteiger partial charge in [0.2, 0.25) is 0 Å². The van der Waals surface area contributed by atoms with Gasteiger partial charge in [0, 0.05) is 5.56 Å². The SMILES string of the molecule is O=C(O)c1sccc1COc1ccc(F)c(C(F)(F)F)c1. The monoisotopic (exact) mass is 320 g/mol. The van der Waals surface area contributed by atoms with Gasteiger partial charge in [0.1, 0.15) is 23.1 Å². The molecule has 1 aromatic heterocycles. The molecule has 0 radical (unpaired) electrons. The second-order valence-corrected chi connectivity index (χ2v) is 4.92. The lowest BCUT2D eigenvalue weighted by molar-refractivity contribution is -0.140. The third-order valence-corrected chi connectivity index (χ3v) is 3.52. The van der Waals surface area contributed by atoms with Gasteiger partial charge in [0.05, 0.1) is 5.56 Å². The van der Waals surface area contributed by atoms with Crippen LogP contribution < -0.4 is 4.74 Å². The van der Waals surface area contributed by atoms with Gasteiger partial charge in [-0.3, -0.25) is 0 Å². The number of benzene rings is 1. The van der Waals surface area contributed by atoms with Gasteiger partial charge < -0.3 is 9.84 Å². The van der Waals surface area contributed by atoms with Gasteiger partial charge in [-0.15, -0.1) is 11.3 Å². The summed E-state index contributed by atoms with van der Waals surface area (Å²) < 4.78 is 55.8. The minimum absolute atomic E-state index is 0.0492. The maximum absolute atomic E-state index is 13.1. The number of halogens is 4. The summed E-state index contributed by atoms with van der Waals surface area (Å²) in [7, 11) is 0. The summed E-state index contributed by atoms with van der Waals surface area (Å²) in [5.74, 6) is -2.72. The fourth-order valence-electron chi connectivity index (χ4n) is 1.61. The Kier molecular flexibility index (Phi) is 4.17. The van der Waals surface area contributed by atoms with E-state index in [9.17, 15) is 22.4 Å². The molecule has 2 rings (SSSR count). The second-order valence-electron chi connectivity index (χ2n) is 4.01. The Balaban J connectivity index is 2.17. The van der Waals surface area contributed by atoms with Crippen molar-refractivity contribution in [1.82, 2.24) is 0 Å². The lowest BCUT2D eigenvalue weighted by Gasteiger charge is -2.11. The molecule has 0 aliphatic carbocycles. The van der Waals surface area contributed by atoms with Crippen LogP contribution in [0.25, 0.3) is 0 Å². The number of carboxylic acid groups (broad SMARTS) is 1. The zero-order valence-electron chi connectivity index (χ0n) is 10.3. The Labute approximate surface area is 120 Å². The van der Waals surface area contributed by atoms with Crippen LogP contribution in [0.3, 0.4) is 0 Å². The topological polar surface area (TPSA) is 46.5 Å². The number of rotatable bonds is 4. The molecule has 0 aliphatic heterocycles. The minimum Gasteiger partial charge on any atom is -0.489 e. The average molecular weight is 320 g/mol. The maximum atomic E-state index is 13.1. The first kappa shape index (κ1) is 15.3. The van der Waals surface area contributed by atoms with Crippen LogP contribution in [0.4, 0.5) is 17.6 Å². The van der Waals surface area contributed by atoms with Crippen molar-refractivity contribution in [3.8, 4) is 5.75 Å². The Morgan fingerprint density at radius 1 is 1.29 bits per heavy atom. The molecule has 1 heterocycles. The highest BCUT2D eigenvalue weighted by Gasteiger charge is 2.34. The number of hydrogen-bond acceptors (Lipinski definition) is 3. The van der Waals surface area contributed by atoms with Crippen molar-refractivity contribution in [3.05, 3.63) is 51.5 Å². The Hall–Kier alpha value is -2.09. The van der Waals surface area contributed by atoms with Gasteiger partial charge in [-0.1, -0.05) is 0 Å². The lowest BCUT2D eigenvalue weighted by atomic mass is 10.2. The van der Waals surface area contributed by atoms with Gasteiger partial charge in [0.25, 0.3) is 0 Å². The largest absolute Gasteiger partial charge is 0.489 e. The first-order chi connectivity index (χ1) is 9.79. The summed E-state index contributed by atoms with van der Waals surface area (Å²) in [6.07, 6.45) is -4.82. The Morgan fingerprint density at radius 2 is 2.00 bits per heavy atom. The third kappa shape index (κ3) is 3.52. The molecule has 1 aromatic carbocycles. The number of ether oxygens (including phenoxy) is 1. The van der Waals surface area contributed by atoms with Crippen LogP contribution in [0.15, 0.2) is 29.6 Å². The third-order valence-electron chi connectivity index (χ3n) is 2.58. The van der Waals surface area contributed by atoms with Crippen LogP contribution in [-0.4, -0.2) is 11.1 Å². The number of carbonyl (C=O) groups is 1. The van der Waals surface area contributed by atoms with E-state index in [0.29, 0.717) is 17.7 Å². The highest BCUT2D eigenvalue weighted by molar-refractivity contribution is 7.12. The highest BCUT2D eigenvalue weighted by Crippen LogP contribution is 2.33. The van der Waals surface area contributed by atoms with E-state index in [2.05, 4.69) is 0 Å². The van der Waals surface area contributed by atoms with Crippen LogP contribution >= 0.6 is 11.3 Å². The predicted octanol–water partition coefficient (Wildman–Crippen LogP) is 4.18. The maximum Gasteiger partial charge on any atom is 0.419 e. The average Bonchev–Trinajstić information content (AvgIpc) is 2.85. The van der Waals surface area contributed by atoms with Crippen molar-refractivity contribution in [2.75, 3.05) is 0 Å². The van der Waals surface area contributed by atoms with E-state index >= 15 is 0 Å². The van der Waals surface area contributed by atoms with E-state index in [1.54, 1.807) is 0 Å². The van der Waals surface area contributed by atoms with Gasteiger partial charge in [-0.2, -0.15) is 13.2 Å². The second kappa shape index (κ2) is 5.72. The van der Waals surface area contributed by atoms with Crippen LogP contribution in [0.2, 0.25) is 0 Å².